The molecule has 0 saturated carbocycles. The molecule has 0 saturated heterocycles. The largest absolute Gasteiger partial charge is 0.326 e. The molecular weight excluding hydrogens is 248 g/mol. The van der Waals surface area contributed by atoms with E-state index in [2.05, 4.69) is 18.6 Å². The lowest BCUT2D eigenvalue weighted by atomic mass is 10.1. The summed E-state index contributed by atoms with van der Waals surface area (Å²) in [7, 11) is -3.37. The van der Waals surface area contributed by atoms with Crippen LogP contribution in [0.4, 0.5) is 0 Å². The fourth-order valence-corrected chi connectivity index (χ4v) is 2.68. The van der Waals surface area contributed by atoms with Crippen LogP contribution in [0, 0.1) is 5.92 Å². The van der Waals surface area contributed by atoms with Gasteiger partial charge in [-0.2, -0.15) is 0 Å². The minimum atomic E-state index is -3.37. The van der Waals surface area contributed by atoms with Crippen LogP contribution in [-0.4, -0.2) is 15.0 Å². The Morgan fingerprint density at radius 2 is 1.83 bits per heavy atom. The average Bonchev–Trinajstić information content (AvgIpc) is 2.34. The van der Waals surface area contributed by atoms with E-state index in [1.165, 1.54) is 0 Å². The molecule has 0 amide bonds. The van der Waals surface area contributed by atoms with Gasteiger partial charge in [-0.3, -0.25) is 0 Å². The van der Waals surface area contributed by atoms with E-state index in [4.69, 9.17) is 5.73 Å². The summed E-state index contributed by atoms with van der Waals surface area (Å²) in [6.07, 6.45) is 1.88. The van der Waals surface area contributed by atoms with Gasteiger partial charge in [0.2, 0.25) is 10.0 Å². The minimum absolute atomic E-state index is 0.296. The minimum Gasteiger partial charge on any atom is -0.326 e. The van der Waals surface area contributed by atoms with Crippen LogP contribution < -0.4 is 10.5 Å². The summed E-state index contributed by atoms with van der Waals surface area (Å²) >= 11 is 0. The molecule has 0 radical (unpaired) electrons. The molecule has 0 heterocycles. The Bertz CT molecular complexity index is 452. The molecule has 0 atom stereocenters. The topological polar surface area (TPSA) is 72.2 Å². The Hall–Kier alpha value is -0.910. The first-order chi connectivity index (χ1) is 8.45. The van der Waals surface area contributed by atoms with Gasteiger partial charge in [0.05, 0.1) is 4.90 Å². The third-order valence-electron chi connectivity index (χ3n) is 2.72. The summed E-state index contributed by atoms with van der Waals surface area (Å²) in [5, 5.41) is 0. The van der Waals surface area contributed by atoms with Gasteiger partial charge in [0.25, 0.3) is 0 Å². The summed E-state index contributed by atoms with van der Waals surface area (Å²) < 4.78 is 26.5. The van der Waals surface area contributed by atoms with E-state index in [1.54, 1.807) is 24.3 Å². The number of hydrogen-bond donors (Lipinski definition) is 2. The highest BCUT2D eigenvalue weighted by Crippen LogP contribution is 2.10. The molecule has 0 spiro atoms. The van der Waals surface area contributed by atoms with Crippen molar-refractivity contribution in [3.8, 4) is 0 Å². The Labute approximate surface area is 110 Å². The second kappa shape index (κ2) is 6.87. The van der Waals surface area contributed by atoms with E-state index in [9.17, 15) is 8.42 Å². The van der Waals surface area contributed by atoms with Crippen molar-refractivity contribution in [1.29, 1.82) is 0 Å². The van der Waals surface area contributed by atoms with Gasteiger partial charge in [0, 0.05) is 13.1 Å². The number of benzene rings is 1. The maximum absolute atomic E-state index is 11.9. The summed E-state index contributed by atoms with van der Waals surface area (Å²) in [4.78, 5) is 0.296. The monoisotopic (exact) mass is 270 g/mol. The van der Waals surface area contributed by atoms with Crippen molar-refractivity contribution in [2.75, 3.05) is 6.54 Å². The van der Waals surface area contributed by atoms with Crippen LogP contribution in [0.2, 0.25) is 0 Å². The van der Waals surface area contributed by atoms with E-state index in [1.807, 2.05) is 0 Å². The van der Waals surface area contributed by atoms with Crippen LogP contribution in [0.5, 0.6) is 0 Å². The second-order valence-corrected chi connectivity index (χ2v) is 6.55. The third kappa shape index (κ3) is 4.76. The van der Waals surface area contributed by atoms with Crippen LogP contribution in [0.1, 0.15) is 32.3 Å². The third-order valence-corrected chi connectivity index (χ3v) is 4.20. The van der Waals surface area contributed by atoms with Crippen molar-refractivity contribution < 1.29 is 8.42 Å². The van der Waals surface area contributed by atoms with Gasteiger partial charge in [-0.1, -0.05) is 26.0 Å². The van der Waals surface area contributed by atoms with Gasteiger partial charge in [-0.25, -0.2) is 13.1 Å². The zero-order valence-corrected chi connectivity index (χ0v) is 11.8. The van der Waals surface area contributed by atoms with Crippen LogP contribution in [0.3, 0.4) is 0 Å². The van der Waals surface area contributed by atoms with Crippen LogP contribution in [0.25, 0.3) is 0 Å². The molecule has 4 nitrogen and oxygen atoms in total. The summed E-state index contributed by atoms with van der Waals surface area (Å²) in [5.41, 5.74) is 6.40. The Balaban J connectivity index is 2.57. The highest BCUT2D eigenvalue weighted by molar-refractivity contribution is 7.89. The number of nitrogens with two attached hydrogens (primary N) is 1. The number of hydrogen-bond acceptors (Lipinski definition) is 3. The lowest BCUT2D eigenvalue weighted by Crippen LogP contribution is -2.25. The second-order valence-electron chi connectivity index (χ2n) is 4.78. The molecule has 0 fully saturated rings. The van der Waals surface area contributed by atoms with Crippen molar-refractivity contribution >= 4 is 10.0 Å². The lowest BCUT2D eigenvalue weighted by molar-refractivity contribution is 0.540. The first kappa shape index (κ1) is 15.1. The summed E-state index contributed by atoms with van der Waals surface area (Å²) in [6, 6.07) is 6.66. The molecular formula is C13H22N2O2S. The number of rotatable bonds is 7. The van der Waals surface area contributed by atoms with Crippen molar-refractivity contribution in [2.45, 2.75) is 38.1 Å². The highest BCUT2D eigenvalue weighted by atomic mass is 32.2. The molecule has 1 rings (SSSR count). The van der Waals surface area contributed by atoms with Crippen molar-refractivity contribution in [2.24, 2.45) is 11.7 Å². The molecule has 102 valence electrons. The van der Waals surface area contributed by atoms with Gasteiger partial charge in [-0.05, 0) is 36.5 Å². The van der Waals surface area contributed by atoms with Gasteiger partial charge in [-0.15, -0.1) is 0 Å². The molecule has 0 aliphatic carbocycles. The first-order valence-electron chi connectivity index (χ1n) is 6.24. The molecule has 0 aliphatic heterocycles. The molecule has 18 heavy (non-hydrogen) atoms. The SMILES string of the molecule is CC(C)CCCNS(=O)(=O)c1ccc(CN)cc1. The average molecular weight is 270 g/mol. The zero-order valence-electron chi connectivity index (χ0n) is 11.0. The fourth-order valence-electron chi connectivity index (χ4n) is 1.60. The van der Waals surface area contributed by atoms with Gasteiger partial charge < -0.3 is 5.73 Å². The maximum atomic E-state index is 11.9. The van der Waals surface area contributed by atoms with Crippen molar-refractivity contribution in [3.63, 3.8) is 0 Å². The Morgan fingerprint density at radius 3 is 2.33 bits per heavy atom. The zero-order chi connectivity index (χ0) is 13.6. The number of sulfonamides is 1. The molecule has 0 aromatic heterocycles. The van der Waals surface area contributed by atoms with E-state index in [-0.39, 0.29) is 0 Å². The lowest BCUT2D eigenvalue weighted by Gasteiger charge is -2.08. The van der Waals surface area contributed by atoms with E-state index >= 15 is 0 Å². The molecule has 5 heteroatoms. The van der Waals surface area contributed by atoms with Crippen LogP contribution in [-0.2, 0) is 16.6 Å². The Morgan fingerprint density at radius 1 is 1.22 bits per heavy atom. The van der Waals surface area contributed by atoms with E-state index in [0.717, 1.165) is 18.4 Å². The standard InChI is InChI=1S/C13H22N2O2S/c1-11(2)4-3-9-15-18(16,17)13-7-5-12(10-14)6-8-13/h5-8,11,15H,3-4,9-10,14H2,1-2H3. The predicted molar refractivity (Wildman–Crippen MR) is 73.6 cm³/mol. The van der Waals surface area contributed by atoms with Crippen molar-refractivity contribution in [3.05, 3.63) is 29.8 Å². The normalized spacial score (nSPS) is 12.0. The predicted octanol–water partition coefficient (Wildman–Crippen LogP) is 1.86. The highest BCUT2D eigenvalue weighted by Gasteiger charge is 2.12. The van der Waals surface area contributed by atoms with Crippen LogP contribution in [0.15, 0.2) is 29.2 Å². The quantitative estimate of drug-likeness (QED) is 0.743. The number of nitrogens with one attached hydrogen (secondary N) is 1. The van der Waals surface area contributed by atoms with Crippen LogP contribution >= 0.6 is 0 Å². The summed E-state index contributed by atoms with van der Waals surface area (Å²) in [5.74, 6) is 0.596. The molecule has 0 unspecified atom stereocenters. The Kier molecular flexibility index (Phi) is 5.78. The molecule has 0 aliphatic rings. The van der Waals surface area contributed by atoms with E-state index in [0.29, 0.717) is 23.9 Å². The van der Waals surface area contributed by atoms with E-state index < -0.39 is 10.0 Å². The molecule has 1 aromatic rings. The van der Waals surface area contributed by atoms with Crippen molar-refractivity contribution in [1.82, 2.24) is 4.72 Å². The molecule has 3 N–H and O–H groups in total. The van der Waals surface area contributed by atoms with Gasteiger partial charge in [0.1, 0.15) is 0 Å². The summed E-state index contributed by atoms with van der Waals surface area (Å²) in [6.45, 7) is 5.15. The molecule has 0 bridgehead atoms. The van der Waals surface area contributed by atoms with Gasteiger partial charge in [0.15, 0.2) is 0 Å². The fraction of sp³-hybridized carbons (Fsp3) is 0.538. The first-order valence-corrected chi connectivity index (χ1v) is 7.72. The maximum Gasteiger partial charge on any atom is 0.240 e. The van der Waals surface area contributed by atoms with Gasteiger partial charge >= 0.3 is 0 Å². The molecule has 1 aromatic carbocycles. The smallest absolute Gasteiger partial charge is 0.240 e.